The Morgan fingerprint density at radius 2 is 2.00 bits per heavy atom. The van der Waals surface area contributed by atoms with E-state index in [-0.39, 0.29) is 0 Å². The number of rotatable bonds is 3. The molecule has 6 nitrogen and oxygen atoms in total. The number of ether oxygens (including phenoxy) is 1. The number of nitrogens with zero attached hydrogens (tertiary/aromatic N) is 3. The summed E-state index contributed by atoms with van der Waals surface area (Å²) in [6, 6.07) is 6.99. The fraction of sp³-hybridized carbons (Fsp3) is 0.579. The Kier molecular flexibility index (Phi) is 3.47. The van der Waals surface area contributed by atoms with Crippen molar-refractivity contribution in [1.29, 1.82) is 5.26 Å². The highest BCUT2D eigenvalue weighted by molar-refractivity contribution is 5.80. The Morgan fingerprint density at radius 3 is 2.68 bits per heavy atom. The van der Waals surface area contributed by atoms with Gasteiger partial charge in [-0.25, -0.2) is 4.98 Å². The third kappa shape index (κ3) is 2.68. The molecule has 4 heterocycles. The second-order valence-corrected chi connectivity index (χ2v) is 7.88. The molecule has 2 aromatic rings. The molecule has 3 aliphatic rings. The minimum Gasteiger partial charge on any atom is -0.444 e. The molecule has 5 rings (SSSR count). The van der Waals surface area contributed by atoms with Crippen molar-refractivity contribution in [2.75, 3.05) is 31.6 Å². The highest BCUT2D eigenvalue weighted by Crippen LogP contribution is 2.41. The van der Waals surface area contributed by atoms with Crippen molar-refractivity contribution in [3.8, 4) is 6.07 Å². The van der Waals surface area contributed by atoms with Crippen LogP contribution in [0.4, 0.5) is 5.82 Å². The summed E-state index contributed by atoms with van der Waals surface area (Å²) in [4.78, 5) is 7.08. The summed E-state index contributed by atoms with van der Waals surface area (Å²) < 4.78 is 10.8. The summed E-state index contributed by atoms with van der Waals surface area (Å²) in [7, 11) is 0. The first-order valence-corrected chi connectivity index (χ1v) is 9.11. The first-order chi connectivity index (χ1) is 12.2. The lowest BCUT2D eigenvalue weighted by Crippen LogP contribution is -2.68. The van der Waals surface area contributed by atoms with Gasteiger partial charge in [-0.1, -0.05) is 0 Å². The third-order valence-corrected chi connectivity index (χ3v) is 5.97. The predicted molar refractivity (Wildman–Crippen MR) is 93.2 cm³/mol. The average Bonchev–Trinajstić information content (AvgIpc) is 2.96. The number of nitriles is 1. The number of hydrogen-bond acceptors (Lipinski definition) is 6. The van der Waals surface area contributed by atoms with Gasteiger partial charge in [-0.3, -0.25) is 4.90 Å². The van der Waals surface area contributed by atoms with Gasteiger partial charge in [-0.2, -0.15) is 5.26 Å². The molecular weight excluding hydrogens is 316 g/mol. The summed E-state index contributed by atoms with van der Waals surface area (Å²) in [5, 5.41) is 13.4. The Balaban J connectivity index is 1.17. The maximum atomic E-state index is 8.92. The summed E-state index contributed by atoms with van der Waals surface area (Å²) >= 11 is 0. The van der Waals surface area contributed by atoms with Gasteiger partial charge in [0.05, 0.1) is 19.4 Å². The topological polar surface area (TPSA) is 74.3 Å². The number of furan rings is 1. The summed E-state index contributed by atoms with van der Waals surface area (Å²) in [5.41, 5.74) is 1.18. The van der Waals surface area contributed by atoms with Crippen LogP contribution in [0.15, 0.2) is 22.7 Å². The van der Waals surface area contributed by atoms with E-state index in [1.54, 1.807) is 12.3 Å². The highest BCUT2D eigenvalue weighted by Gasteiger charge is 2.50. The van der Waals surface area contributed by atoms with Crippen LogP contribution >= 0.6 is 0 Å². The van der Waals surface area contributed by atoms with Crippen LogP contribution < -0.4 is 5.32 Å². The molecule has 2 saturated heterocycles. The van der Waals surface area contributed by atoms with E-state index >= 15 is 0 Å². The lowest BCUT2D eigenvalue weighted by molar-refractivity contribution is -0.200. The molecule has 130 valence electrons. The molecule has 3 fully saturated rings. The second-order valence-electron chi connectivity index (χ2n) is 7.88. The molecule has 1 saturated carbocycles. The molecule has 0 radical (unpaired) electrons. The van der Waals surface area contributed by atoms with Crippen LogP contribution in [0.3, 0.4) is 0 Å². The molecule has 0 atom stereocenters. The number of anilines is 1. The van der Waals surface area contributed by atoms with Crippen LogP contribution in [-0.2, 0) is 4.74 Å². The van der Waals surface area contributed by atoms with E-state index in [0.717, 1.165) is 30.5 Å². The van der Waals surface area contributed by atoms with Crippen molar-refractivity contribution in [3.05, 3.63) is 24.1 Å². The second kappa shape index (κ2) is 5.72. The Morgan fingerprint density at radius 1 is 1.20 bits per heavy atom. The van der Waals surface area contributed by atoms with Crippen molar-refractivity contribution in [1.82, 2.24) is 9.88 Å². The molecule has 1 aliphatic carbocycles. The first-order valence-electron chi connectivity index (χ1n) is 9.11. The molecular formula is C19H22N4O2. The zero-order chi connectivity index (χ0) is 16.9. The maximum absolute atomic E-state index is 8.92. The smallest absolute Gasteiger partial charge is 0.204 e. The molecule has 0 amide bonds. The van der Waals surface area contributed by atoms with Crippen molar-refractivity contribution in [2.45, 2.75) is 37.8 Å². The predicted octanol–water partition coefficient (Wildman–Crippen LogP) is 2.75. The van der Waals surface area contributed by atoms with Crippen molar-refractivity contribution >= 4 is 16.8 Å². The van der Waals surface area contributed by atoms with Crippen LogP contribution in [0.5, 0.6) is 0 Å². The van der Waals surface area contributed by atoms with Crippen LogP contribution in [0, 0.1) is 16.7 Å². The Hall–Kier alpha value is -2.10. The monoisotopic (exact) mass is 338 g/mol. The van der Waals surface area contributed by atoms with Gasteiger partial charge in [0.25, 0.3) is 0 Å². The van der Waals surface area contributed by atoms with Gasteiger partial charge in [0.15, 0.2) is 5.58 Å². The fourth-order valence-corrected chi connectivity index (χ4v) is 4.52. The SMILES string of the molecule is N#Cc1cc2cc(NC3CCC(N4CC5(COC5)C4)CC3)ncc2o1. The minimum absolute atomic E-state index is 0.332. The lowest BCUT2D eigenvalue weighted by atomic mass is 9.75. The maximum Gasteiger partial charge on any atom is 0.204 e. The van der Waals surface area contributed by atoms with Crippen molar-refractivity contribution in [2.24, 2.45) is 5.41 Å². The van der Waals surface area contributed by atoms with Gasteiger partial charge < -0.3 is 14.5 Å². The summed E-state index contributed by atoms with van der Waals surface area (Å²) in [6.07, 6.45) is 6.56. The number of likely N-dealkylation sites (tertiary alicyclic amines) is 1. The van der Waals surface area contributed by atoms with E-state index in [0.29, 0.717) is 22.8 Å². The number of nitrogens with one attached hydrogen (secondary N) is 1. The van der Waals surface area contributed by atoms with E-state index < -0.39 is 0 Å². The number of fused-ring (bicyclic) bond motifs is 1. The van der Waals surface area contributed by atoms with Crippen molar-refractivity contribution in [3.63, 3.8) is 0 Å². The van der Waals surface area contributed by atoms with E-state index in [9.17, 15) is 0 Å². The number of aromatic nitrogens is 1. The van der Waals surface area contributed by atoms with Gasteiger partial charge in [0.1, 0.15) is 11.9 Å². The molecule has 6 heteroatoms. The molecule has 0 unspecified atom stereocenters. The van der Waals surface area contributed by atoms with Crippen molar-refractivity contribution < 1.29 is 9.15 Å². The fourth-order valence-electron chi connectivity index (χ4n) is 4.52. The zero-order valence-corrected chi connectivity index (χ0v) is 14.2. The van der Waals surface area contributed by atoms with Crippen LogP contribution in [-0.4, -0.2) is 48.3 Å². The molecule has 0 bridgehead atoms. The molecule has 2 aromatic heterocycles. The highest BCUT2D eigenvalue weighted by atomic mass is 16.5. The lowest BCUT2D eigenvalue weighted by Gasteiger charge is -2.58. The van der Waals surface area contributed by atoms with Crippen LogP contribution in [0.2, 0.25) is 0 Å². The van der Waals surface area contributed by atoms with Gasteiger partial charge in [-0.15, -0.1) is 0 Å². The van der Waals surface area contributed by atoms with Crippen LogP contribution in [0.1, 0.15) is 31.4 Å². The van der Waals surface area contributed by atoms with E-state index in [4.69, 9.17) is 14.4 Å². The quantitative estimate of drug-likeness (QED) is 0.927. The van der Waals surface area contributed by atoms with E-state index in [2.05, 4.69) is 15.2 Å². The van der Waals surface area contributed by atoms with E-state index in [1.807, 2.05) is 12.1 Å². The summed E-state index contributed by atoms with van der Waals surface area (Å²) in [6.45, 7) is 4.40. The molecule has 25 heavy (non-hydrogen) atoms. The molecule has 2 aliphatic heterocycles. The largest absolute Gasteiger partial charge is 0.444 e. The molecule has 1 spiro atoms. The average molecular weight is 338 g/mol. The normalized spacial score (nSPS) is 28.3. The zero-order valence-electron chi connectivity index (χ0n) is 14.2. The number of pyridine rings is 1. The van der Waals surface area contributed by atoms with E-state index in [1.165, 1.54) is 38.8 Å². The van der Waals surface area contributed by atoms with Gasteiger partial charge >= 0.3 is 0 Å². The minimum atomic E-state index is 0.332. The van der Waals surface area contributed by atoms with Crippen LogP contribution in [0.25, 0.3) is 11.0 Å². The molecule has 0 aromatic carbocycles. The Labute approximate surface area is 146 Å². The van der Waals surface area contributed by atoms with Gasteiger partial charge in [0, 0.05) is 42.0 Å². The first kappa shape index (κ1) is 15.2. The Bertz CT molecular complexity index is 820. The van der Waals surface area contributed by atoms with Gasteiger partial charge in [-0.05, 0) is 31.7 Å². The standard InChI is InChI=1S/C19H22N4O2/c20-7-16-5-13-6-18(21-8-17(13)25-16)22-14-1-3-15(4-2-14)23-9-19(10-23)11-24-12-19/h5-6,8,14-15H,1-4,9-12H2,(H,21,22). The molecule has 1 N–H and O–H groups in total. The third-order valence-electron chi connectivity index (χ3n) is 5.97. The van der Waals surface area contributed by atoms with Gasteiger partial charge in [0.2, 0.25) is 5.76 Å². The number of hydrogen-bond donors (Lipinski definition) is 1. The summed E-state index contributed by atoms with van der Waals surface area (Å²) in [5.74, 6) is 1.20.